The van der Waals surface area contributed by atoms with E-state index in [9.17, 15) is 0 Å². The maximum absolute atomic E-state index is 4.80. The molecule has 0 unspecified atom stereocenters. The molecule has 0 radical (unpaired) electrons. The third-order valence-electron chi connectivity index (χ3n) is 3.45. The Morgan fingerprint density at radius 3 is 2.90 bits per heavy atom. The number of anilines is 1. The second-order valence-corrected chi connectivity index (χ2v) is 6.74. The lowest BCUT2D eigenvalue weighted by molar-refractivity contribution is 0.547. The number of nitrogens with one attached hydrogen (secondary N) is 1. The molecular weight excluding hydrogens is 280 g/mol. The second kappa shape index (κ2) is 7.71. The zero-order chi connectivity index (χ0) is 15.2. The van der Waals surface area contributed by atoms with Crippen molar-refractivity contribution in [2.45, 2.75) is 20.4 Å². The molecule has 0 bridgehead atoms. The van der Waals surface area contributed by atoms with Crippen molar-refractivity contribution in [2.24, 2.45) is 5.92 Å². The summed E-state index contributed by atoms with van der Waals surface area (Å²) in [6.07, 6.45) is 4.24. The van der Waals surface area contributed by atoms with E-state index in [2.05, 4.69) is 60.1 Å². The molecule has 2 rings (SSSR count). The minimum atomic E-state index is 0.654. The molecular formula is C16H26N4S. The summed E-state index contributed by atoms with van der Waals surface area (Å²) in [5, 5.41) is 3.54. The van der Waals surface area contributed by atoms with Crippen molar-refractivity contribution in [1.29, 1.82) is 0 Å². The van der Waals surface area contributed by atoms with E-state index in [1.54, 1.807) is 0 Å². The first kappa shape index (κ1) is 16.2. The van der Waals surface area contributed by atoms with Gasteiger partial charge in [-0.15, -0.1) is 0 Å². The minimum Gasteiger partial charge on any atom is -0.357 e. The Balaban J connectivity index is 2.25. The number of rotatable bonds is 8. The number of hydrogen-bond acceptors (Lipinski definition) is 4. The van der Waals surface area contributed by atoms with Gasteiger partial charge in [-0.05, 0) is 30.9 Å². The Hall–Kier alpha value is -1.20. The first-order valence-corrected chi connectivity index (χ1v) is 8.89. The Kier molecular flexibility index (Phi) is 5.94. The van der Waals surface area contributed by atoms with E-state index in [4.69, 9.17) is 4.98 Å². The predicted octanol–water partition coefficient (Wildman–Crippen LogP) is 2.88. The van der Waals surface area contributed by atoms with Crippen LogP contribution in [-0.2, 0) is 6.54 Å². The lowest BCUT2D eigenvalue weighted by Gasteiger charge is -2.18. The third kappa shape index (κ3) is 4.14. The largest absolute Gasteiger partial charge is 0.357 e. The zero-order valence-corrected chi connectivity index (χ0v) is 14.3. The lowest BCUT2D eigenvalue weighted by Crippen LogP contribution is -2.25. The predicted molar refractivity (Wildman–Crippen MR) is 93.4 cm³/mol. The van der Waals surface area contributed by atoms with Gasteiger partial charge < -0.3 is 14.6 Å². The van der Waals surface area contributed by atoms with Crippen LogP contribution >= 0.6 is 11.8 Å². The van der Waals surface area contributed by atoms with Gasteiger partial charge in [-0.1, -0.05) is 19.9 Å². The van der Waals surface area contributed by atoms with Gasteiger partial charge in [0.1, 0.15) is 5.65 Å². The lowest BCUT2D eigenvalue weighted by atomic mass is 10.2. The van der Waals surface area contributed by atoms with Crippen molar-refractivity contribution in [2.75, 3.05) is 37.0 Å². The molecule has 0 aliphatic carbocycles. The van der Waals surface area contributed by atoms with Gasteiger partial charge in [-0.3, -0.25) is 0 Å². The molecule has 0 aliphatic heterocycles. The van der Waals surface area contributed by atoms with Gasteiger partial charge in [0.2, 0.25) is 0 Å². The maximum atomic E-state index is 4.80. The van der Waals surface area contributed by atoms with E-state index in [0.717, 1.165) is 36.9 Å². The fourth-order valence-corrected chi connectivity index (χ4v) is 2.77. The van der Waals surface area contributed by atoms with E-state index in [0.29, 0.717) is 5.92 Å². The average Bonchev–Trinajstić information content (AvgIpc) is 2.83. The Bertz CT molecular complexity index is 564. The third-order valence-corrected chi connectivity index (χ3v) is 4.04. The molecule has 21 heavy (non-hydrogen) atoms. The minimum absolute atomic E-state index is 0.654. The molecule has 0 fully saturated rings. The van der Waals surface area contributed by atoms with Crippen LogP contribution in [0, 0.1) is 5.92 Å². The number of imidazole rings is 1. The van der Waals surface area contributed by atoms with Gasteiger partial charge in [-0.25, -0.2) is 4.98 Å². The summed E-state index contributed by atoms with van der Waals surface area (Å²) >= 11 is 1.87. The van der Waals surface area contributed by atoms with Crippen LogP contribution in [-0.4, -0.2) is 41.5 Å². The molecule has 1 N–H and O–H groups in total. The molecule has 0 saturated carbocycles. The van der Waals surface area contributed by atoms with Crippen molar-refractivity contribution in [1.82, 2.24) is 14.7 Å². The summed E-state index contributed by atoms with van der Waals surface area (Å²) in [4.78, 5) is 7.06. The molecule has 0 saturated heterocycles. The number of aromatic nitrogens is 2. The molecule has 0 aromatic carbocycles. The molecule has 0 aliphatic rings. The van der Waals surface area contributed by atoms with E-state index in [1.165, 1.54) is 5.69 Å². The van der Waals surface area contributed by atoms with Crippen LogP contribution in [0.15, 0.2) is 24.4 Å². The zero-order valence-electron chi connectivity index (χ0n) is 13.5. The molecule has 5 heteroatoms. The highest BCUT2D eigenvalue weighted by Gasteiger charge is 2.15. The van der Waals surface area contributed by atoms with Crippen LogP contribution in [0.25, 0.3) is 5.65 Å². The van der Waals surface area contributed by atoms with Crippen LogP contribution < -0.4 is 10.2 Å². The number of nitrogens with zero attached hydrogens (tertiary/aromatic N) is 3. The van der Waals surface area contributed by atoms with E-state index >= 15 is 0 Å². The molecule has 0 amide bonds. The number of thioether (sulfide) groups is 1. The second-order valence-electron chi connectivity index (χ2n) is 5.75. The van der Waals surface area contributed by atoms with Crippen LogP contribution in [0.5, 0.6) is 0 Å². The molecule has 2 heterocycles. The van der Waals surface area contributed by atoms with Gasteiger partial charge >= 0.3 is 0 Å². The average molecular weight is 306 g/mol. The van der Waals surface area contributed by atoms with E-state index in [1.807, 2.05) is 17.8 Å². The highest BCUT2D eigenvalue weighted by atomic mass is 32.2. The number of fused-ring (bicyclic) bond motifs is 1. The monoisotopic (exact) mass is 306 g/mol. The maximum Gasteiger partial charge on any atom is 0.152 e. The van der Waals surface area contributed by atoms with E-state index in [-0.39, 0.29) is 0 Å². The van der Waals surface area contributed by atoms with Crippen molar-refractivity contribution in [3.8, 4) is 0 Å². The van der Waals surface area contributed by atoms with Crippen LogP contribution in [0.2, 0.25) is 0 Å². The van der Waals surface area contributed by atoms with Gasteiger partial charge in [0.05, 0.1) is 5.69 Å². The summed E-state index contributed by atoms with van der Waals surface area (Å²) in [7, 11) is 2.13. The topological polar surface area (TPSA) is 32.6 Å². The highest BCUT2D eigenvalue weighted by Crippen LogP contribution is 2.21. The van der Waals surface area contributed by atoms with Crippen LogP contribution in [0.3, 0.4) is 0 Å². The van der Waals surface area contributed by atoms with Crippen molar-refractivity contribution in [3.63, 3.8) is 0 Å². The van der Waals surface area contributed by atoms with Crippen LogP contribution in [0.4, 0.5) is 5.82 Å². The summed E-state index contributed by atoms with van der Waals surface area (Å²) in [6.45, 7) is 7.35. The Morgan fingerprint density at radius 2 is 2.19 bits per heavy atom. The SMILES string of the molecule is CSCCN(C)c1nc2ccccn2c1CNCC(C)C. The molecule has 116 valence electrons. The summed E-state index contributed by atoms with van der Waals surface area (Å²) in [5.41, 5.74) is 2.26. The van der Waals surface area contributed by atoms with Gasteiger partial charge in [-0.2, -0.15) is 11.8 Å². The first-order valence-electron chi connectivity index (χ1n) is 7.50. The van der Waals surface area contributed by atoms with Crippen molar-refractivity contribution < 1.29 is 0 Å². The quantitative estimate of drug-likeness (QED) is 0.813. The smallest absolute Gasteiger partial charge is 0.152 e. The first-order chi connectivity index (χ1) is 10.1. The highest BCUT2D eigenvalue weighted by molar-refractivity contribution is 7.98. The van der Waals surface area contributed by atoms with Crippen LogP contribution in [0.1, 0.15) is 19.5 Å². The fourth-order valence-electron chi connectivity index (χ4n) is 2.32. The summed E-state index contributed by atoms with van der Waals surface area (Å²) < 4.78 is 2.19. The molecule has 2 aromatic heterocycles. The Morgan fingerprint density at radius 1 is 1.38 bits per heavy atom. The Labute approximate surface area is 131 Å². The van der Waals surface area contributed by atoms with Crippen molar-refractivity contribution in [3.05, 3.63) is 30.1 Å². The normalized spacial score (nSPS) is 11.5. The van der Waals surface area contributed by atoms with Crippen molar-refractivity contribution >= 4 is 23.2 Å². The van der Waals surface area contributed by atoms with Gasteiger partial charge in [0.15, 0.2) is 5.82 Å². The number of pyridine rings is 1. The summed E-state index contributed by atoms with van der Waals surface area (Å²) in [5.74, 6) is 2.86. The van der Waals surface area contributed by atoms with Gasteiger partial charge in [0, 0.05) is 32.1 Å². The fraction of sp³-hybridized carbons (Fsp3) is 0.562. The van der Waals surface area contributed by atoms with Gasteiger partial charge in [0.25, 0.3) is 0 Å². The summed E-state index contributed by atoms with van der Waals surface area (Å²) in [6, 6.07) is 6.17. The molecule has 0 atom stereocenters. The number of hydrogen-bond donors (Lipinski definition) is 1. The molecule has 4 nitrogen and oxygen atoms in total. The van der Waals surface area contributed by atoms with E-state index < -0.39 is 0 Å². The molecule has 2 aromatic rings. The standard InChI is InChI=1S/C16H26N4S/c1-13(2)11-17-12-14-16(19(3)9-10-21-4)18-15-7-5-6-8-20(14)15/h5-8,13,17H,9-12H2,1-4H3. The molecule has 0 spiro atoms.